The number of nitrogens with one attached hydrogen (secondary N) is 2. The van der Waals surface area contributed by atoms with Crippen molar-refractivity contribution in [2.45, 2.75) is 25.8 Å². The molecule has 0 saturated carbocycles. The molecule has 1 aromatic heterocycles. The first-order valence-corrected chi connectivity index (χ1v) is 7.14. The minimum Gasteiger partial charge on any atom is -0.341 e. The number of aromatic amines is 1. The monoisotopic (exact) mass is 299 g/mol. The van der Waals surface area contributed by atoms with Crippen molar-refractivity contribution in [3.63, 3.8) is 0 Å². The molecule has 1 aliphatic rings. The number of para-hydroxylation sites is 2. The van der Waals surface area contributed by atoms with E-state index in [0.29, 0.717) is 24.4 Å². The lowest BCUT2D eigenvalue weighted by molar-refractivity contribution is -0.130. The number of H-pyrrole nitrogens is 1. The topological polar surface area (TPSA) is 90.4 Å². The van der Waals surface area contributed by atoms with E-state index < -0.39 is 0 Å². The molecule has 7 nitrogen and oxygen atoms in total. The Kier molecular flexibility index (Phi) is 3.62. The van der Waals surface area contributed by atoms with Gasteiger partial charge < -0.3 is 10.3 Å². The van der Waals surface area contributed by atoms with Crippen LogP contribution in [-0.4, -0.2) is 39.6 Å². The average Bonchev–Trinajstić information content (AvgIpc) is 2.94. The summed E-state index contributed by atoms with van der Waals surface area (Å²) in [7, 11) is 1.55. The summed E-state index contributed by atoms with van der Waals surface area (Å²) in [5, 5.41) is 8.08. The zero-order valence-corrected chi connectivity index (χ0v) is 12.5. The number of hydrogen-bond acceptors (Lipinski definition) is 4. The minimum atomic E-state index is -0.273. The molecule has 2 N–H and O–H groups in total. The fraction of sp³-hybridized carbons (Fsp3) is 0.333. The predicted molar refractivity (Wildman–Crippen MR) is 82.1 cm³/mol. The highest BCUT2D eigenvalue weighted by molar-refractivity contribution is 6.39. The van der Waals surface area contributed by atoms with E-state index in [0.717, 1.165) is 11.0 Å². The van der Waals surface area contributed by atoms with Crippen LogP contribution < -0.4 is 5.32 Å². The third-order valence-electron chi connectivity index (χ3n) is 3.63. The molecule has 114 valence electrons. The highest BCUT2D eigenvalue weighted by Gasteiger charge is 2.23. The number of fused-ring (bicyclic) bond motifs is 1. The van der Waals surface area contributed by atoms with Gasteiger partial charge in [-0.3, -0.25) is 9.59 Å². The summed E-state index contributed by atoms with van der Waals surface area (Å²) in [6.45, 7) is 1.86. The van der Waals surface area contributed by atoms with Crippen LogP contribution in [0.5, 0.6) is 0 Å². The van der Waals surface area contributed by atoms with Crippen LogP contribution in [-0.2, 0) is 9.59 Å². The van der Waals surface area contributed by atoms with Crippen LogP contribution in [0.4, 0.5) is 0 Å². The van der Waals surface area contributed by atoms with Crippen molar-refractivity contribution in [3.8, 4) is 0 Å². The second-order valence-electron chi connectivity index (χ2n) is 5.30. The van der Waals surface area contributed by atoms with Crippen LogP contribution in [0.25, 0.3) is 11.0 Å². The van der Waals surface area contributed by atoms with Crippen molar-refractivity contribution in [2.24, 2.45) is 5.10 Å². The van der Waals surface area contributed by atoms with E-state index in [9.17, 15) is 9.59 Å². The van der Waals surface area contributed by atoms with Crippen molar-refractivity contribution >= 4 is 28.6 Å². The number of hydrogen-bond donors (Lipinski definition) is 2. The number of amides is 2. The summed E-state index contributed by atoms with van der Waals surface area (Å²) in [6.07, 6.45) is 0.670. The highest BCUT2D eigenvalue weighted by atomic mass is 16.2. The number of rotatable bonds is 3. The van der Waals surface area contributed by atoms with Gasteiger partial charge in [-0.2, -0.15) is 5.10 Å². The second-order valence-corrected chi connectivity index (χ2v) is 5.30. The van der Waals surface area contributed by atoms with E-state index in [2.05, 4.69) is 20.4 Å². The summed E-state index contributed by atoms with van der Waals surface area (Å²) >= 11 is 0. The van der Waals surface area contributed by atoms with Gasteiger partial charge in [-0.1, -0.05) is 12.1 Å². The molecular weight excluding hydrogens is 282 g/mol. The van der Waals surface area contributed by atoms with Crippen molar-refractivity contribution in [1.82, 2.24) is 20.3 Å². The van der Waals surface area contributed by atoms with Crippen LogP contribution in [0.1, 0.15) is 31.6 Å². The smallest absolute Gasteiger partial charge is 0.268 e. The zero-order valence-electron chi connectivity index (χ0n) is 12.5. The fourth-order valence-corrected chi connectivity index (χ4v) is 2.36. The number of benzene rings is 1. The zero-order chi connectivity index (χ0) is 15.7. The molecule has 0 aliphatic carbocycles. The standard InChI is InChI=1S/C15H17N5O2/c1-9(14-17-10-5-3-4-6-11(10)18-14)16-15(22)12-7-8-13(21)20(2)19-12/h3-6,9H,7-8H2,1-2H3,(H,16,22)(H,17,18). The maximum atomic E-state index is 12.2. The third-order valence-corrected chi connectivity index (χ3v) is 3.63. The summed E-state index contributed by atoms with van der Waals surface area (Å²) in [4.78, 5) is 31.3. The maximum absolute atomic E-state index is 12.2. The lowest BCUT2D eigenvalue weighted by Gasteiger charge is -2.20. The summed E-state index contributed by atoms with van der Waals surface area (Å²) in [5.74, 6) is 0.338. The normalized spacial score (nSPS) is 16.5. The Morgan fingerprint density at radius 3 is 2.86 bits per heavy atom. The Bertz CT molecular complexity index is 731. The van der Waals surface area contributed by atoms with Gasteiger partial charge in [0, 0.05) is 19.9 Å². The van der Waals surface area contributed by atoms with Gasteiger partial charge in [0.05, 0.1) is 17.1 Å². The van der Waals surface area contributed by atoms with Crippen LogP contribution in [0.3, 0.4) is 0 Å². The van der Waals surface area contributed by atoms with E-state index in [1.54, 1.807) is 7.05 Å². The van der Waals surface area contributed by atoms with E-state index in [4.69, 9.17) is 0 Å². The Labute approximate surface area is 127 Å². The van der Waals surface area contributed by atoms with E-state index >= 15 is 0 Å². The molecule has 0 saturated heterocycles. The molecule has 1 unspecified atom stereocenters. The molecule has 2 aromatic rings. The number of nitrogens with zero attached hydrogens (tertiary/aromatic N) is 3. The third kappa shape index (κ3) is 2.69. The molecular formula is C15H17N5O2. The number of aromatic nitrogens is 2. The minimum absolute atomic E-state index is 0.0816. The first-order chi connectivity index (χ1) is 10.5. The first-order valence-electron chi connectivity index (χ1n) is 7.14. The van der Waals surface area contributed by atoms with Gasteiger partial charge in [0.1, 0.15) is 11.5 Å². The second kappa shape index (κ2) is 5.59. The van der Waals surface area contributed by atoms with Gasteiger partial charge in [0.15, 0.2) is 0 Å². The maximum Gasteiger partial charge on any atom is 0.268 e. The van der Waals surface area contributed by atoms with Gasteiger partial charge in [-0.25, -0.2) is 9.99 Å². The van der Waals surface area contributed by atoms with Gasteiger partial charge in [0.25, 0.3) is 5.91 Å². The summed E-state index contributed by atoms with van der Waals surface area (Å²) in [6, 6.07) is 7.42. The molecule has 1 aromatic carbocycles. The number of imidazole rings is 1. The van der Waals surface area contributed by atoms with Crippen molar-refractivity contribution < 1.29 is 9.59 Å². The van der Waals surface area contributed by atoms with Crippen LogP contribution in [0.2, 0.25) is 0 Å². The Morgan fingerprint density at radius 1 is 1.36 bits per heavy atom. The Balaban J connectivity index is 1.73. The van der Waals surface area contributed by atoms with Crippen LogP contribution in [0.15, 0.2) is 29.4 Å². The number of carbonyl (C=O) groups excluding carboxylic acids is 2. The van der Waals surface area contributed by atoms with Gasteiger partial charge in [-0.05, 0) is 19.1 Å². The molecule has 1 aliphatic heterocycles. The Hall–Kier alpha value is -2.70. The molecule has 2 amide bonds. The highest BCUT2D eigenvalue weighted by Crippen LogP contribution is 2.16. The molecule has 1 atom stereocenters. The summed E-state index contributed by atoms with van der Waals surface area (Å²) in [5.41, 5.74) is 2.16. The van der Waals surface area contributed by atoms with Crippen LogP contribution in [0, 0.1) is 0 Å². The largest absolute Gasteiger partial charge is 0.341 e. The quantitative estimate of drug-likeness (QED) is 0.896. The fourth-order valence-electron chi connectivity index (χ4n) is 2.36. The molecule has 0 bridgehead atoms. The van der Waals surface area contributed by atoms with Gasteiger partial charge in [0.2, 0.25) is 5.91 Å². The predicted octanol–water partition coefficient (Wildman–Crippen LogP) is 1.35. The van der Waals surface area contributed by atoms with Crippen LogP contribution >= 0.6 is 0 Å². The number of hydrazone groups is 1. The van der Waals surface area contributed by atoms with Gasteiger partial charge in [-0.15, -0.1) is 0 Å². The summed E-state index contributed by atoms with van der Waals surface area (Å²) < 4.78 is 0. The Morgan fingerprint density at radius 2 is 2.14 bits per heavy atom. The van der Waals surface area contributed by atoms with Crippen molar-refractivity contribution in [3.05, 3.63) is 30.1 Å². The van der Waals surface area contributed by atoms with Crippen molar-refractivity contribution in [2.75, 3.05) is 7.05 Å². The molecule has 22 heavy (non-hydrogen) atoms. The molecule has 7 heteroatoms. The van der Waals surface area contributed by atoms with E-state index in [1.807, 2.05) is 31.2 Å². The van der Waals surface area contributed by atoms with Crippen molar-refractivity contribution in [1.29, 1.82) is 0 Å². The molecule has 0 radical (unpaired) electrons. The van der Waals surface area contributed by atoms with E-state index in [-0.39, 0.29) is 17.9 Å². The molecule has 0 spiro atoms. The average molecular weight is 299 g/mol. The molecule has 0 fully saturated rings. The number of carbonyl (C=O) groups is 2. The molecule has 3 rings (SSSR count). The SMILES string of the molecule is CC(NC(=O)C1=NN(C)C(=O)CC1)c1nc2ccccc2[nH]1. The molecule has 2 heterocycles. The lowest BCUT2D eigenvalue weighted by atomic mass is 10.1. The first kappa shape index (κ1) is 14.2. The van der Waals surface area contributed by atoms with E-state index in [1.165, 1.54) is 5.01 Å². The lowest BCUT2D eigenvalue weighted by Crippen LogP contribution is -2.38. The van der Waals surface area contributed by atoms with Gasteiger partial charge >= 0.3 is 0 Å².